The molecule has 1 aliphatic carbocycles. The van der Waals surface area contributed by atoms with Crippen molar-refractivity contribution < 1.29 is 9.32 Å². The highest BCUT2D eigenvalue weighted by molar-refractivity contribution is 5.92. The van der Waals surface area contributed by atoms with E-state index in [-0.39, 0.29) is 17.9 Å². The van der Waals surface area contributed by atoms with Crippen molar-refractivity contribution in [3.8, 4) is 0 Å². The first-order valence-electron chi connectivity index (χ1n) is 7.04. The predicted molar refractivity (Wildman–Crippen MR) is 74.1 cm³/mol. The molecule has 0 bridgehead atoms. The number of rotatable bonds is 4. The van der Waals surface area contributed by atoms with Crippen LogP contribution in [-0.4, -0.2) is 17.1 Å². The second-order valence-corrected chi connectivity index (χ2v) is 5.49. The summed E-state index contributed by atoms with van der Waals surface area (Å²) in [6.07, 6.45) is 6.92. The minimum Gasteiger partial charge on any atom is -0.360 e. The van der Waals surface area contributed by atoms with Gasteiger partial charge < -0.3 is 9.84 Å². The molecule has 0 fully saturated rings. The number of nitrogens with zero attached hydrogens (tertiary/aromatic N) is 1. The lowest BCUT2D eigenvalue weighted by Crippen LogP contribution is -2.34. The number of carbonyl (C=O) groups excluding carboxylic acids is 1. The van der Waals surface area contributed by atoms with Crippen LogP contribution in [-0.2, 0) is 0 Å². The fourth-order valence-electron chi connectivity index (χ4n) is 2.29. The molecular weight excluding hydrogens is 240 g/mol. The van der Waals surface area contributed by atoms with Crippen molar-refractivity contribution in [3.63, 3.8) is 0 Å². The van der Waals surface area contributed by atoms with Gasteiger partial charge in [0, 0.05) is 18.0 Å². The van der Waals surface area contributed by atoms with E-state index in [0.29, 0.717) is 5.69 Å². The van der Waals surface area contributed by atoms with Crippen LogP contribution in [0, 0.1) is 0 Å². The van der Waals surface area contributed by atoms with E-state index in [1.807, 2.05) is 20.8 Å². The maximum atomic E-state index is 12.1. The normalized spacial score (nSPS) is 17.2. The Hall–Kier alpha value is -1.58. The van der Waals surface area contributed by atoms with Crippen LogP contribution in [0.2, 0.25) is 0 Å². The highest BCUT2D eigenvalue weighted by Gasteiger charge is 2.18. The van der Waals surface area contributed by atoms with Gasteiger partial charge >= 0.3 is 0 Å². The molecule has 2 rings (SSSR count). The Morgan fingerprint density at radius 1 is 1.37 bits per heavy atom. The molecule has 4 nitrogen and oxygen atoms in total. The molecule has 0 saturated heterocycles. The van der Waals surface area contributed by atoms with Gasteiger partial charge in [-0.2, -0.15) is 0 Å². The summed E-state index contributed by atoms with van der Waals surface area (Å²) in [6.45, 7) is 6.05. The van der Waals surface area contributed by atoms with Crippen LogP contribution in [0.25, 0.3) is 0 Å². The Bertz CT molecular complexity index is 474. The Balaban J connectivity index is 1.97. The predicted octanol–water partition coefficient (Wildman–Crippen LogP) is 3.42. The van der Waals surface area contributed by atoms with E-state index in [1.165, 1.54) is 18.4 Å². The summed E-state index contributed by atoms with van der Waals surface area (Å²) in [6, 6.07) is 1.80. The minimum absolute atomic E-state index is 0.0759. The SMILES string of the molecule is CC(NC(=O)c1cc(C(C)C)on1)C1=CCCCC1. The zero-order valence-electron chi connectivity index (χ0n) is 11.9. The summed E-state index contributed by atoms with van der Waals surface area (Å²) in [5, 5.41) is 6.82. The van der Waals surface area contributed by atoms with Crippen molar-refractivity contribution in [2.24, 2.45) is 0 Å². The first kappa shape index (κ1) is 13.8. The summed E-state index contributed by atoms with van der Waals surface area (Å²) in [4.78, 5) is 12.1. The van der Waals surface area contributed by atoms with Gasteiger partial charge in [0.25, 0.3) is 5.91 Å². The zero-order chi connectivity index (χ0) is 13.8. The van der Waals surface area contributed by atoms with Crippen molar-refractivity contribution >= 4 is 5.91 Å². The number of allylic oxidation sites excluding steroid dienone is 1. The molecule has 0 radical (unpaired) electrons. The Kier molecular flexibility index (Phi) is 4.40. The van der Waals surface area contributed by atoms with E-state index in [0.717, 1.165) is 18.6 Å². The third-order valence-electron chi connectivity index (χ3n) is 3.56. The molecule has 1 aromatic rings. The topological polar surface area (TPSA) is 55.1 Å². The highest BCUT2D eigenvalue weighted by atomic mass is 16.5. The standard InChI is InChI=1S/C15H22N2O2/c1-10(2)14-9-13(17-19-14)15(18)16-11(3)12-7-5-4-6-8-12/h7,9-11H,4-6,8H2,1-3H3,(H,16,18). The molecule has 1 unspecified atom stereocenters. The van der Waals surface area contributed by atoms with Crippen molar-refractivity contribution in [3.05, 3.63) is 29.2 Å². The molecule has 0 aromatic carbocycles. The van der Waals surface area contributed by atoms with E-state index >= 15 is 0 Å². The van der Waals surface area contributed by atoms with Gasteiger partial charge in [-0.3, -0.25) is 4.79 Å². The van der Waals surface area contributed by atoms with Gasteiger partial charge in [0.2, 0.25) is 0 Å². The third-order valence-corrected chi connectivity index (χ3v) is 3.56. The van der Waals surface area contributed by atoms with E-state index in [4.69, 9.17) is 4.52 Å². The lowest BCUT2D eigenvalue weighted by Gasteiger charge is -2.20. The fourth-order valence-corrected chi connectivity index (χ4v) is 2.29. The molecule has 0 saturated carbocycles. The molecule has 1 aromatic heterocycles. The minimum atomic E-state index is -0.158. The molecule has 0 aliphatic heterocycles. The number of hydrogen-bond donors (Lipinski definition) is 1. The summed E-state index contributed by atoms with van der Waals surface area (Å²) in [5.41, 5.74) is 1.69. The van der Waals surface area contributed by atoms with Crippen LogP contribution < -0.4 is 5.32 Å². The van der Waals surface area contributed by atoms with Gasteiger partial charge in [0.05, 0.1) is 0 Å². The van der Waals surface area contributed by atoms with Crippen LogP contribution in [0.4, 0.5) is 0 Å². The fraction of sp³-hybridized carbons (Fsp3) is 0.600. The second-order valence-electron chi connectivity index (χ2n) is 5.49. The van der Waals surface area contributed by atoms with Gasteiger partial charge in [-0.25, -0.2) is 0 Å². The molecule has 1 heterocycles. The van der Waals surface area contributed by atoms with Crippen molar-refractivity contribution in [1.29, 1.82) is 0 Å². The molecule has 1 N–H and O–H groups in total. The van der Waals surface area contributed by atoms with Gasteiger partial charge in [-0.1, -0.05) is 30.7 Å². The van der Waals surface area contributed by atoms with Gasteiger partial charge in [-0.05, 0) is 32.6 Å². The Morgan fingerprint density at radius 3 is 2.74 bits per heavy atom. The maximum Gasteiger partial charge on any atom is 0.273 e. The number of aromatic nitrogens is 1. The average Bonchev–Trinajstić information content (AvgIpc) is 2.89. The van der Waals surface area contributed by atoms with Gasteiger partial charge in [-0.15, -0.1) is 0 Å². The van der Waals surface area contributed by atoms with Crippen molar-refractivity contribution in [2.45, 2.75) is 58.4 Å². The number of hydrogen-bond acceptors (Lipinski definition) is 3. The molecular formula is C15H22N2O2. The second kappa shape index (κ2) is 6.04. The van der Waals surface area contributed by atoms with E-state index < -0.39 is 0 Å². The van der Waals surface area contributed by atoms with Crippen LogP contribution in [0.15, 0.2) is 22.2 Å². The lowest BCUT2D eigenvalue weighted by atomic mass is 9.95. The average molecular weight is 262 g/mol. The molecule has 1 atom stereocenters. The lowest BCUT2D eigenvalue weighted by molar-refractivity contribution is 0.0935. The smallest absolute Gasteiger partial charge is 0.273 e. The monoisotopic (exact) mass is 262 g/mol. The summed E-state index contributed by atoms with van der Waals surface area (Å²) in [7, 11) is 0. The maximum absolute atomic E-state index is 12.1. The largest absolute Gasteiger partial charge is 0.360 e. The van der Waals surface area contributed by atoms with Crippen molar-refractivity contribution in [1.82, 2.24) is 10.5 Å². The molecule has 1 amide bonds. The quantitative estimate of drug-likeness (QED) is 0.846. The van der Waals surface area contributed by atoms with Crippen molar-refractivity contribution in [2.75, 3.05) is 0 Å². The highest BCUT2D eigenvalue weighted by Crippen LogP contribution is 2.20. The summed E-state index contributed by atoms with van der Waals surface area (Å²) < 4.78 is 5.15. The summed E-state index contributed by atoms with van der Waals surface area (Å²) >= 11 is 0. The van der Waals surface area contributed by atoms with Crippen LogP contribution in [0.3, 0.4) is 0 Å². The van der Waals surface area contributed by atoms with Crippen LogP contribution >= 0.6 is 0 Å². The molecule has 0 spiro atoms. The molecule has 104 valence electrons. The zero-order valence-corrected chi connectivity index (χ0v) is 11.9. The Morgan fingerprint density at radius 2 is 2.16 bits per heavy atom. The first-order valence-corrected chi connectivity index (χ1v) is 7.04. The van der Waals surface area contributed by atoms with Crippen LogP contribution in [0.5, 0.6) is 0 Å². The van der Waals surface area contributed by atoms with E-state index in [9.17, 15) is 4.79 Å². The van der Waals surface area contributed by atoms with Gasteiger partial charge in [0.15, 0.2) is 5.69 Å². The molecule has 4 heteroatoms. The number of carbonyl (C=O) groups is 1. The van der Waals surface area contributed by atoms with Gasteiger partial charge in [0.1, 0.15) is 5.76 Å². The Labute approximate surface area is 114 Å². The van der Waals surface area contributed by atoms with Crippen LogP contribution in [0.1, 0.15) is 68.6 Å². The van der Waals surface area contributed by atoms with E-state index in [1.54, 1.807) is 6.07 Å². The third kappa shape index (κ3) is 3.46. The summed E-state index contributed by atoms with van der Waals surface area (Å²) in [5.74, 6) is 0.830. The molecule has 19 heavy (non-hydrogen) atoms. The number of amides is 1. The first-order chi connectivity index (χ1) is 9.08. The number of nitrogens with one attached hydrogen (secondary N) is 1. The molecule has 1 aliphatic rings. The van der Waals surface area contributed by atoms with E-state index in [2.05, 4.69) is 16.5 Å².